The Kier molecular flexibility index (Phi) is 4.29. The summed E-state index contributed by atoms with van der Waals surface area (Å²) in [4.78, 5) is 1.36. The summed E-state index contributed by atoms with van der Waals surface area (Å²) in [5.74, 6) is -0.136. The van der Waals surface area contributed by atoms with Gasteiger partial charge in [-0.05, 0) is 30.9 Å². The molecule has 0 saturated heterocycles. The van der Waals surface area contributed by atoms with Crippen LogP contribution in [0.2, 0.25) is 0 Å². The predicted molar refractivity (Wildman–Crippen MR) is 70.7 cm³/mol. The molecular formula is C14H16FNS. The Morgan fingerprint density at radius 2 is 2.06 bits per heavy atom. The Bertz CT molecular complexity index is 453. The highest BCUT2D eigenvalue weighted by molar-refractivity contribution is 7.09. The lowest BCUT2D eigenvalue weighted by molar-refractivity contribution is 0.527. The SMILES string of the molecule is CC(Cc1cccs1)NCc1ccccc1F. The molecule has 1 heterocycles. The van der Waals surface area contributed by atoms with E-state index in [1.165, 1.54) is 10.9 Å². The Morgan fingerprint density at radius 3 is 2.76 bits per heavy atom. The van der Waals surface area contributed by atoms with E-state index in [9.17, 15) is 4.39 Å². The van der Waals surface area contributed by atoms with Crippen molar-refractivity contribution in [3.8, 4) is 0 Å². The van der Waals surface area contributed by atoms with Crippen LogP contribution in [0.5, 0.6) is 0 Å². The first kappa shape index (κ1) is 12.3. The van der Waals surface area contributed by atoms with Gasteiger partial charge in [0.1, 0.15) is 5.82 Å². The molecule has 2 rings (SSSR count). The number of rotatable bonds is 5. The highest BCUT2D eigenvalue weighted by atomic mass is 32.1. The fourth-order valence-corrected chi connectivity index (χ4v) is 2.56. The molecule has 1 unspecified atom stereocenters. The highest BCUT2D eigenvalue weighted by Gasteiger charge is 2.05. The molecular weight excluding hydrogens is 233 g/mol. The van der Waals surface area contributed by atoms with E-state index in [0.29, 0.717) is 12.6 Å². The van der Waals surface area contributed by atoms with Crippen LogP contribution in [0.4, 0.5) is 4.39 Å². The van der Waals surface area contributed by atoms with Crippen molar-refractivity contribution in [2.45, 2.75) is 25.9 Å². The molecule has 3 heteroatoms. The summed E-state index contributed by atoms with van der Waals surface area (Å²) in [6.45, 7) is 2.71. The number of benzene rings is 1. The topological polar surface area (TPSA) is 12.0 Å². The molecule has 1 aromatic heterocycles. The maximum atomic E-state index is 13.4. The summed E-state index contributed by atoms with van der Waals surface area (Å²) >= 11 is 1.76. The minimum absolute atomic E-state index is 0.136. The Labute approximate surface area is 105 Å². The summed E-state index contributed by atoms with van der Waals surface area (Å²) in [7, 11) is 0. The molecule has 1 N–H and O–H groups in total. The molecule has 90 valence electrons. The van der Waals surface area contributed by atoms with Gasteiger partial charge in [0.2, 0.25) is 0 Å². The summed E-state index contributed by atoms with van der Waals surface area (Å²) in [6.07, 6.45) is 0.992. The molecule has 0 fully saturated rings. The van der Waals surface area contributed by atoms with Crippen LogP contribution >= 0.6 is 11.3 Å². The molecule has 2 aromatic rings. The first-order valence-corrected chi connectivity index (χ1v) is 6.63. The Balaban J connectivity index is 1.84. The lowest BCUT2D eigenvalue weighted by Crippen LogP contribution is -2.27. The number of nitrogens with one attached hydrogen (secondary N) is 1. The minimum Gasteiger partial charge on any atom is -0.310 e. The Morgan fingerprint density at radius 1 is 1.24 bits per heavy atom. The highest BCUT2D eigenvalue weighted by Crippen LogP contribution is 2.12. The molecule has 0 aliphatic rings. The summed E-state index contributed by atoms with van der Waals surface area (Å²) in [6, 6.07) is 11.4. The van der Waals surface area contributed by atoms with Crippen LogP contribution < -0.4 is 5.32 Å². The van der Waals surface area contributed by atoms with E-state index in [4.69, 9.17) is 0 Å². The molecule has 0 aliphatic carbocycles. The second-order valence-electron chi connectivity index (χ2n) is 4.16. The van der Waals surface area contributed by atoms with Crippen LogP contribution in [0.3, 0.4) is 0 Å². The van der Waals surface area contributed by atoms with E-state index < -0.39 is 0 Å². The fraction of sp³-hybridized carbons (Fsp3) is 0.286. The van der Waals surface area contributed by atoms with Crippen molar-refractivity contribution in [2.24, 2.45) is 0 Å². The first-order chi connectivity index (χ1) is 8.25. The molecule has 17 heavy (non-hydrogen) atoms. The van der Waals surface area contributed by atoms with E-state index in [-0.39, 0.29) is 5.82 Å². The first-order valence-electron chi connectivity index (χ1n) is 5.75. The van der Waals surface area contributed by atoms with E-state index >= 15 is 0 Å². The van der Waals surface area contributed by atoms with Gasteiger partial charge in [-0.3, -0.25) is 0 Å². The molecule has 1 atom stereocenters. The van der Waals surface area contributed by atoms with Crippen molar-refractivity contribution in [3.63, 3.8) is 0 Å². The molecule has 0 spiro atoms. The largest absolute Gasteiger partial charge is 0.310 e. The van der Waals surface area contributed by atoms with Crippen molar-refractivity contribution >= 4 is 11.3 Å². The van der Waals surface area contributed by atoms with Gasteiger partial charge in [-0.2, -0.15) is 0 Å². The molecule has 0 amide bonds. The third-order valence-electron chi connectivity index (χ3n) is 2.69. The normalized spacial score (nSPS) is 12.6. The summed E-state index contributed by atoms with van der Waals surface area (Å²) in [5, 5.41) is 5.43. The zero-order chi connectivity index (χ0) is 12.1. The zero-order valence-corrected chi connectivity index (χ0v) is 10.6. The van der Waals surface area contributed by atoms with Crippen molar-refractivity contribution in [1.29, 1.82) is 0 Å². The van der Waals surface area contributed by atoms with Crippen molar-refractivity contribution in [1.82, 2.24) is 5.32 Å². The summed E-state index contributed by atoms with van der Waals surface area (Å²) in [5.41, 5.74) is 0.727. The lowest BCUT2D eigenvalue weighted by Gasteiger charge is -2.13. The second-order valence-corrected chi connectivity index (χ2v) is 5.19. The molecule has 0 radical (unpaired) electrons. The quantitative estimate of drug-likeness (QED) is 0.853. The number of thiophene rings is 1. The molecule has 0 saturated carbocycles. The summed E-state index contributed by atoms with van der Waals surface area (Å²) < 4.78 is 13.4. The zero-order valence-electron chi connectivity index (χ0n) is 9.82. The number of halogens is 1. The smallest absolute Gasteiger partial charge is 0.127 e. The van der Waals surface area contributed by atoms with E-state index in [1.807, 2.05) is 12.1 Å². The molecule has 1 aromatic carbocycles. The second kappa shape index (κ2) is 5.94. The molecule has 1 nitrogen and oxygen atoms in total. The maximum Gasteiger partial charge on any atom is 0.127 e. The van der Waals surface area contributed by atoms with Crippen LogP contribution in [-0.2, 0) is 13.0 Å². The van der Waals surface area contributed by atoms with Crippen LogP contribution in [0.1, 0.15) is 17.4 Å². The fourth-order valence-electron chi connectivity index (χ4n) is 1.73. The molecule has 0 bridgehead atoms. The lowest BCUT2D eigenvalue weighted by atomic mass is 10.1. The maximum absolute atomic E-state index is 13.4. The van der Waals surface area contributed by atoms with Crippen LogP contribution in [0, 0.1) is 5.82 Å². The van der Waals surface area contributed by atoms with Crippen LogP contribution in [0.25, 0.3) is 0 Å². The van der Waals surface area contributed by atoms with Gasteiger partial charge in [-0.15, -0.1) is 11.3 Å². The Hall–Kier alpha value is -1.19. The van der Waals surface area contributed by atoms with E-state index in [0.717, 1.165) is 12.0 Å². The van der Waals surface area contributed by atoms with Gasteiger partial charge in [0, 0.05) is 23.0 Å². The average molecular weight is 249 g/mol. The third kappa shape index (κ3) is 3.65. The molecule has 0 aliphatic heterocycles. The monoisotopic (exact) mass is 249 g/mol. The van der Waals surface area contributed by atoms with Crippen molar-refractivity contribution < 1.29 is 4.39 Å². The average Bonchev–Trinajstić information content (AvgIpc) is 2.81. The predicted octanol–water partition coefficient (Wildman–Crippen LogP) is 3.61. The van der Waals surface area contributed by atoms with Crippen LogP contribution in [-0.4, -0.2) is 6.04 Å². The van der Waals surface area contributed by atoms with Gasteiger partial charge in [-0.25, -0.2) is 4.39 Å². The number of hydrogen-bond donors (Lipinski definition) is 1. The van der Waals surface area contributed by atoms with E-state index in [2.05, 4.69) is 29.8 Å². The number of hydrogen-bond acceptors (Lipinski definition) is 2. The van der Waals surface area contributed by atoms with Gasteiger partial charge < -0.3 is 5.32 Å². The van der Waals surface area contributed by atoms with E-state index in [1.54, 1.807) is 17.4 Å². The van der Waals surface area contributed by atoms with Gasteiger partial charge in [0.05, 0.1) is 0 Å². The van der Waals surface area contributed by atoms with Crippen molar-refractivity contribution in [3.05, 3.63) is 58.0 Å². The standard InChI is InChI=1S/C14H16FNS/c1-11(9-13-6-4-8-17-13)16-10-12-5-2-3-7-14(12)15/h2-8,11,16H,9-10H2,1H3. The van der Waals surface area contributed by atoms with Crippen molar-refractivity contribution in [2.75, 3.05) is 0 Å². The minimum atomic E-state index is -0.136. The van der Waals surface area contributed by atoms with Gasteiger partial charge >= 0.3 is 0 Å². The van der Waals surface area contributed by atoms with Gasteiger partial charge in [0.15, 0.2) is 0 Å². The van der Waals surface area contributed by atoms with Gasteiger partial charge in [-0.1, -0.05) is 24.3 Å². The van der Waals surface area contributed by atoms with Gasteiger partial charge in [0.25, 0.3) is 0 Å². The third-order valence-corrected chi connectivity index (χ3v) is 3.59. The van der Waals surface area contributed by atoms with Crippen LogP contribution in [0.15, 0.2) is 41.8 Å².